The Bertz CT molecular complexity index is 1230. The summed E-state index contributed by atoms with van der Waals surface area (Å²) in [6.07, 6.45) is 1.86. The van der Waals surface area contributed by atoms with E-state index in [1.54, 1.807) is 35.9 Å². The van der Waals surface area contributed by atoms with Crippen LogP contribution in [0.15, 0.2) is 71.9 Å². The lowest BCUT2D eigenvalue weighted by atomic mass is 10.1. The molecule has 0 aliphatic rings. The smallest absolute Gasteiger partial charge is 0.234 e. The van der Waals surface area contributed by atoms with Crippen molar-refractivity contribution in [3.8, 4) is 17.0 Å². The molecule has 8 heteroatoms. The van der Waals surface area contributed by atoms with Gasteiger partial charge in [0.15, 0.2) is 11.4 Å². The Morgan fingerprint density at radius 1 is 1.03 bits per heavy atom. The number of ketones is 1. The van der Waals surface area contributed by atoms with Gasteiger partial charge in [0.25, 0.3) is 0 Å². The Balaban J connectivity index is 1.40. The van der Waals surface area contributed by atoms with Gasteiger partial charge in [0.05, 0.1) is 24.8 Å². The summed E-state index contributed by atoms with van der Waals surface area (Å²) in [5.41, 5.74) is 3.77. The van der Waals surface area contributed by atoms with Crippen molar-refractivity contribution in [1.82, 2.24) is 14.6 Å². The van der Waals surface area contributed by atoms with Gasteiger partial charge in [-0.05, 0) is 67.6 Å². The number of thioether (sulfide) groups is 1. The molecule has 4 aromatic rings. The first-order valence-corrected chi connectivity index (χ1v) is 10.5. The van der Waals surface area contributed by atoms with Gasteiger partial charge in [-0.2, -0.15) is 5.10 Å². The van der Waals surface area contributed by atoms with Crippen molar-refractivity contribution in [2.75, 3.05) is 18.2 Å². The van der Waals surface area contributed by atoms with Crippen molar-refractivity contribution in [3.63, 3.8) is 0 Å². The third-order valence-corrected chi connectivity index (χ3v) is 5.53. The lowest BCUT2D eigenvalue weighted by Gasteiger charge is -2.05. The van der Waals surface area contributed by atoms with E-state index in [4.69, 9.17) is 4.74 Å². The maximum Gasteiger partial charge on any atom is 0.234 e. The van der Waals surface area contributed by atoms with Gasteiger partial charge < -0.3 is 10.1 Å². The van der Waals surface area contributed by atoms with Gasteiger partial charge >= 0.3 is 0 Å². The minimum Gasteiger partial charge on any atom is -0.497 e. The second-order valence-corrected chi connectivity index (χ2v) is 7.79. The molecule has 7 nitrogen and oxygen atoms in total. The van der Waals surface area contributed by atoms with Gasteiger partial charge in [-0.25, -0.2) is 9.50 Å². The van der Waals surface area contributed by atoms with Crippen LogP contribution >= 0.6 is 11.8 Å². The lowest BCUT2D eigenvalue weighted by molar-refractivity contribution is -0.113. The molecule has 1 amide bonds. The summed E-state index contributed by atoms with van der Waals surface area (Å²) in [5, 5.41) is 8.08. The summed E-state index contributed by atoms with van der Waals surface area (Å²) >= 11 is 1.34. The predicted octanol–water partition coefficient (Wildman–Crippen LogP) is 4.34. The van der Waals surface area contributed by atoms with E-state index >= 15 is 0 Å². The van der Waals surface area contributed by atoms with Crippen molar-refractivity contribution in [2.45, 2.75) is 11.9 Å². The lowest BCUT2D eigenvalue weighted by Crippen LogP contribution is -2.14. The van der Waals surface area contributed by atoms with E-state index < -0.39 is 0 Å². The molecule has 0 radical (unpaired) electrons. The van der Waals surface area contributed by atoms with Crippen LogP contribution in [-0.2, 0) is 4.79 Å². The van der Waals surface area contributed by atoms with Crippen LogP contribution in [0.1, 0.15) is 17.3 Å². The highest BCUT2D eigenvalue weighted by atomic mass is 32.2. The van der Waals surface area contributed by atoms with Gasteiger partial charge in [-0.3, -0.25) is 9.59 Å². The highest BCUT2D eigenvalue weighted by Gasteiger charge is 2.09. The maximum atomic E-state index is 12.3. The van der Waals surface area contributed by atoms with Crippen molar-refractivity contribution in [3.05, 3.63) is 72.4 Å². The Morgan fingerprint density at radius 3 is 2.45 bits per heavy atom. The van der Waals surface area contributed by atoms with E-state index in [0.717, 1.165) is 22.7 Å². The standard InChI is InChI=1S/C23H20N4O3S/c1-15(28)16-3-7-18(8-4-16)24-22(29)14-31-23-12-11-21-25-20(13-27(21)26-23)17-5-9-19(30-2)10-6-17/h3-13H,14H2,1-2H3,(H,24,29). The maximum absolute atomic E-state index is 12.3. The Morgan fingerprint density at radius 2 is 1.77 bits per heavy atom. The SMILES string of the molecule is COc1ccc(-c2cn3nc(SCC(=O)Nc4ccc(C(C)=O)cc4)ccc3n2)cc1. The number of ether oxygens (including phenoxy) is 1. The third kappa shape index (κ3) is 4.92. The fourth-order valence-electron chi connectivity index (χ4n) is 2.97. The topological polar surface area (TPSA) is 85.6 Å². The predicted molar refractivity (Wildman–Crippen MR) is 121 cm³/mol. The number of imidazole rings is 1. The molecule has 1 N–H and O–H groups in total. The molecule has 0 saturated carbocycles. The molecule has 0 atom stereocenters. The number of anilines is 1. The molecule has 0 fully saturated rings. The summed E-state index contributed by atoms with van der Waals surface area (Å²) in [5.74, 6) is 0.849. The first-order valence-electron chi connectivity index (χ1n) is 9.56. The largest absolute Gasteiger partial charge is 0.497 e. The molecule has 0 aliphatic heterocycles. The Labute approximate surface area is 183 Å². The molecular formula is C23H20N4O3S. The highest BCUT2D eigenvalue weighted by molar-refractivity contribution is 7.99. The van der Waals surface area contributed by atoms with Crippen LogP contribution < -0.4 is 10.1 Å². The summed E-state index contributed by atoms with van der Waals surface area (Å²) in [7, 11) is 1.63. The molecular weight excluding hydrogens is 412 g/mol. The first kappa shape index (κ1) is 20.6. The van der Waals surface area contributed by atoms with Crippen molar-refractivity contribution >= 4 is 34.8 Å². The molecule has 156 valence electrons. The molecule has 31 heavy (non-hydrogen) atoms. The fourth-order valence-corrected chi connectivity index (χ4v) is 3.63. The number of hydrogen-bond donors (Lipinski definition) is 1. The summed E-state index contributed by atoms with van der Waals surface area (Å²) < 4.78 is 6.90. The number of aromatic nitrogens is 3. The number of carbonyl (C=O) groups excluding carboxylic acids is 2. The van der Waals surface area contributed by atoms with Crippen LogP contribution in [0.4, 0.5) is 5.69 Å². The van der Waals surface area contributed by atoms with Crippen molar-refractivity contribution in [1.29, 1.82) is 0 Å². The molecule has 2 aromatic heterocycles. The average Bonchev–Trinajstić information content (AvgIpc) is 3.21. The minimum atomic E-state index is -0.146. The molecule has 2 aromatic carbocycles. The number of methoxy groups -OCH3 is 1. The van der Waals surface area contributed by atoms with E-state index in [1.807, 2.05) is 42.6 Å². The number of nitrogens with one attached hydrogen (secondary N) is 1. The zero-order valence-electron chi connectivity index (χ0n) is 17.0. The van der Waals surface area contributed by atoms with E-state index in [0.29, 0.717) is 16.3 Å². The molecule has 4 rings (SSSR count). The number of hydrogen-bond acceptors (Lipinski definition) is 6. The number of fused-ring (bicyclic) bond motifs is 1. The van der Waals surface area contributed by atoms with E-state index in [2.05, 4.69) is 15.4 Å². The van der Waals surface area contributed by atoms with E-state index in [9.17, 15) is 9.59 Å². The average molecular weight is 433 g/mol. The van der Waals surface area contributed by atoms with E-state index in [-0.39, 0.29) is 17.4 Å². The van der Waals surface area contributed by atoms with Crippen LogP contribution in [0.3, 0.4) is 0 Å². The normalized spacial score (nSPS) is 10.8. The zero-order chi connectivity index (χ0) is 21.8. The minimum absolute atomic E-state index is 0.00968. The van der Waals surface area contributed by atoms with Gasteiger partial charge in [0, 0.05) is 16.8 Å². The monoisotopic (exact) mass is 432 g/mol. The number of carbonyl (C=O) groups is 2. The second kappa shape index (κ2) is 9.01. The summed E-state index contributed by atoms with van der Waals surface area (Å²) in [6.45, 7) is 1.51. The fraction of sp³-hybridized carbons (Fsp3) is 0.130. The van der Waals surface area contributed by atoms with Gasteiger partial charge in [0.1, 0.15) is 10.8 Å². The van der Waals surface area contributed by atoms with E-state index in [1.165, 1.54) is 18.7 Å². The van der Waals surface area contributed by atoms with Crippen LogP contribution in [0.2, 0.25) is 0 Å². The molecule has 2 heterocycles. The number of nitrogens with zero attached hydrogens (tertiary/aromatic N) is 3. The highest BCUT2D eigenvalue weighted by Crippen LogP contribution is 2.23. The van der Waals surface area contributed by atoms with Gasteiger partial charge in [0.2, 0.25) is 5.91 Å². The van der Waals surface area contributed by atoms with Gasteiger partial charge in [-0.15, -0.1) is 0 Å². The van der Waals surface area contributed by atoms with Crippen LogP contribution in [0, 0.1) is 0 Å². The number of amides is 1. The van der Waals surface area contributed by atoms with Gasteiger partial charge in [-0.1, -0.05) is 11.8 Å². The first-order chi connectivity index (χ1) is 15.0. The quantitative estimate of drug-likeness (QED) is 0.345. The van der Waals surface area contributed by atoms with Crippen LogP contribution in [0.25, 0.3) is 16.9 Å². The van der Waals surface area contributed by atoms with Crippen molar-refractivity contribution in [2.24, 2.45) is 0 Å². The molecule has 0 aliphatic carbocycles. The molecule has 0 unspecified atom stereocenters. The van der Waals surface area contributed by atoms with Crippen molar-refractivity contribution < 1.29 is 14.3 Å². The van der Waals surface area contributed by atoms with Crippen LogP contribution in [0.5, 0.6) is 5.75 Å². The summed E-state index contributed by atoms with van der Waals surface area (Å²) in [4.78, 5) is 28.2. The number of Topliss-reactive ketones (excluding diaryl/α,β-unsaturated/α-hetero) is 1. The molecule has 0 saturated heterocycles. The Kier molecular flexibility index (Phi) is 5.99. The zero-order valence-corrected chi connectivity index (χ0v) is 17.8. The Hall–Kier alpha value is -3.65. The third-order valence-electron chi connectivity index (χ3n) is 4.61. The summed E-state index contributed by atoms with van der Waals surface area (Å²) in [6, 6.07) is 18.2. The molecule has 0 spiro atoms. The van der Waals surface area contributed by atoms with Crippen LogP contribution in [-0.4, -0.2) is 39.2 Å². The molecule has 0 bridgehead atoms. The number of benzene rings is 2. The second-order valence-electron chi connectivity index (χ2n) is 6.80. The number of rotatable bonds is 7.